The predicted octanol–water partition coefficient (Wildman–Crippen LogP) is 3.60. The summed E-state index contributed by atoms with van der Waals surface area (Å²) in [5, 5.41) is 0. The van der Waals surface area contributed by atoms with E-state index in [4.69, 9.17) is 6.42 Å². The third kappa shape index (κ3) is 5.37. The summed E-state index contributed by atoms with van der Waals surface area (Å²) in [6.45, 7) is 0.646. The number of unbranched alkanes of at least 4 members (excludes halogenated alkanes) is 2. The van der Waals surface area contributed by atoms with E-state index in [2.05, 4.69) is 21.9 Å². The fraction of sp³-hybridized carbons (Fsp3) is 0.400. The molecule has 0 aliphatic rings. The Kier molecular flexibility index (Phi) is 6.53. The molecule has 0 N–H and O–H groups in total. The topological polar surface area (TPSA) is 20.3 Å². The lowest BCUT2D eigenvalue weighted by molar-refractivity contribution is -0.130. The highest BCUT2D eigenvalue weighted by Gasteiger charge is 2.08. The van der Waals surface area contributed by atoms with Crippen molar-refractivity contribution in [1.82, 2.24) is 4.90 Å². The molecule has 0 radical (unpaired) electrons. The van der Waals surface area contributed by atoms with Gasteiger partial charge in [-0.15, -0.1) is 12.3 Å². The minimum absolute atomic E-state index is 0.173. The highest BCUT2D eigenvalue weighted by atomic mass is 79.9. The Morgan fingerprint density at radius 2 is 2.22 bits per heavy atom. The van der Waals surface area contributed by atoms with Crippen LogP contribution in [0.15, 0.2) is 28.7 Å². The Labute approximate surface area is 118 Å². The van der Waals surface area contributed by atoms with Crippen LogP contribution >= 0.6 is 15.9 Å². The molecule has 0 spiro atoms. The van der Waals surface area contributed by atoms with Gasteiger partial charge in [0, 0.05) is 30.9 Å². The summed E-state index contributed by atoms with van der Waals surface area (Å²) in [5.41, 5.74) is 1.13. The quantitative estimate of drug-likeness (QED) is 0.581. The third-order valence-electron chi connectivity index (χ3n) is 2.70. The van der Waals surface area contributed by atoms with Crippen LogP contribution in [0.1, 0.15) is 31.2 Å². The number of halogens is 1. The van der Waals surface area contributed by atoms with Gasteiger partial charge in [0.1, 0.15) is 0 Å². The molecular formula is C15H18BrNO. The number of nitrogens with zero attached hydrogens (tertiary/aromatic N) is 1. The average Bonchev–Trinajstić information content (AvgIpc) is 2.34. The first-order valence-electron chi connectivity index (χ1n) is 6.05. The number of hydrogen-bond acceptors (Lipinski definition) is 1. The highest BCUT2D eigenvalue weighted by molar-refractivity contribution is 9.10. The van der Waals surface area contributed by atoms with Gasteiger partial charge in [-0.05, 0) is 30.5 Å². The zero-order valence-corrected chi connectivity index (χ0v) is 12.2. The molecule has 0 aliphatic carbocycles. The van der Waals surface area contributed by atoms with Gasteiger partial charge in [-0.2, -0.15) is 0 Å². The van der Waals surface area contributed by atoms with Crippen LogP contribution in [0.4, 0.5) is 0 Å². The maximum atomic E-state index is 11.9. The van der Waals surface area contributed by atoms with E-state index in [0.29, 0.717) is 13.0 Å². The molecule has 0 heterocycles. The Morgan fingerprint density at radius 1 is 1.44 bits per heavy atom. The van der Waals surface area contributed by atoms with E-state index in [1.807, 2.05) is 31.3 Å². The van der Waals surface area contributed by atoms with Crippen LogP contribution in [-0.2, 0) is 11.3 Å². The van der Waals surface area contributed by atoms with E-state index in [-0.39, 0.29) is 5.91 Å². The molecule has 0 saturated carbocycles. The van der Waals surface area contributed by atoms with Gasteiger partial charge in [0.15, 0.2) is 0 Å². The smallest absolute Gasteiger partial charge is 0.222 e. The van der Waals surface area contributed by atoms with Gasteiger partial charge in [-0.3, -0.25) is 4.79 Å². The highest BCUT2D eigenvalue weighted by Crippen LogP contribution is 2.13. The zero-order chi connectivity index (χ0) is 13.4. The van der Waals surface area contributed by atoms with E-state index in [1.54, 1.807) is 4.90 Å². The number of rotatable bonds is 6. The molecular weight excluding hydrogens is 290 g/mol. The molecule has 0 saturated heterocycles. The summed E-state index contributed by atoms with van der Waals surface area (Å²) in [4.78, 5) is 13.6. The largest absolute Gasteiger partial charge is 0.341 e. The van der Waals surface area contributed by atoms with Crippen molar-refractivity contribution in [3.05, 3.63) is 34.3 Å². The van der Waals surface area contributed by atoms with Gasteiger partial charge < -0.3 is 4.90 Å². The predicted molar refractivity (Wildman–Crippen MR) is 77.9 cm³/mol. The average molecular weight is 308 g/mol. The van der Waals surface area contributed by atoms with E-state index in [1.165, 1.54) is 0 Å². The van der Waals surface area contributed by atoms with Gasteiger partial charge in [-0.1, -0.05) is 28.1 Å². The number of benzene rings is 1. The SMILES string of the molecule is C#CCCCCC(=O)N(C)Cc1cccc(Br)c1. The second-order valence-corrected chi connectivity index (χ2v) is 5.21. The zero-order valence-electron chi connectivity index (χ0n) is 10.7. The summed E-state index contributed by atoms with van der Waals surface area (Å²) in [5.74, 6) is 2.76. The van der Waals surface area contributed by atoms with Crippen LogP contribution in [0.3, 0.4) is 0 Å². The lowest BCUT2D eigenvalue weighted by Crippen LogP contribution is -2.25. The molecule has 0 fully saturated rings. The Hall–Kier alpha value is -1.27. The van der Waals surface area contributed by atoms with Crippen molar-refractivity contribution < 1.29 is 4.79 Å². The van der Waals surface area contributed by atoms with Crippen molar-refractivity contribution in [3.8, 4) is 12.3 Å². The second-order valence-electron chi connectivity index (χ2n) is 4.29. The normalized spacial score (nSPS) is 9.83. The number of carbonyl (C=O) groups is 1. The molecule has 1 rings (SSSR count). The van der Waals surface area contributed by atoms with E-state index < -0.39 is 0 Å². The van der Waals surface area contributed by atoms with E-state index >= 15 is 0 Å². The molecule has 2 nitrogen and oxygen atoms in total. The number of amides is 1. The van der Waals surface area contributed by atoms with E-state index in [0.717, 1.165) is 29.3 Å². The van der Waals surface area contributed by atoms with Crippen molar-refractivity contribution in [2.75, 3.05) is 7.05 Å². The lowest BCUT2D eigenvalue weighted by Gasteiger charge is -2.17. The van der Waals surface area contributed by atoms with Crippen LogP contribution in [0.2, 0.25) is 0 Å². The molecule has 0 aromatic heterocycles. The second kappa shape index (κ2) is 7.94. The molecule has 0 unspecified atom stereocenters. The van der Waals surface area contributed by atoms with Gasteiger partial charge in [0.25, 0.3) is 0 Å². The van der Waals surface area contributed by atoms with Gasteiger partial charge >= 0.3 is 0 Å². The first-order chi connectivity index (χ1) is 8.63. The molecule has 1 aromatic rings. The van der Waals surface area contributed by atoms with Gasteiger partial charge in [0.05, 0.1) is 0 Å². The number of terminal acetylenes is 1. The molecule has 0 bridgehead atoms. The molecule has 96 valence electrons. The minimum atomic E-state index is 0.173. The summed E-state index contributed by atoms with van der Waals surface area (Å²) >= 11 is 3.43. The van der Waals surface area contributed by atoms with Crippen LogP contribution in [0.5, 0.6) is 0 Å². The van der Waals surface area contributed by atoms with E-state index in [9.17, 15) is 4.79 Å². The van der Waals surface area contributed by atoms with Crippen LogP contribution < -0.4 is 0 Å². The molecule has 0 atom stereocenters. The molecule has 1 amide bonds. The van der Waals surface area contributed by atoms with Crippen molar-refractivity contribution in [2.45, 2.75) is 32.2 Å². The molecule has 0 aliphatic heterocycles. The molecule has 3 heteroatoms. The van der Waals surface area contributed by atoms with Crippen molar-refractivity contribution in [2.24, 2.45) is 0 Å². The summed E-state index contributed by atoms with van der Waals surface area (Å²) in [7, 11) is 1.84. The maximum Gasteiger partial charge on any atom is 0.222 e. The number of hydrogen-bond donors (Lipinski definition) is 0. The van der Waals surface area contributed by atoms with Crippen molar-refractivity contribution in [3.63, 3.8) is 0 Å². The van der Waals surface area contributed by atoms with Gasteiger partial charge in [-0.25, -0.2) is 0 Å². The standard InChI is InChI=1S/C15H18BrNO/c1-3-4-5-6-10-15(18)17(2)12-13-8-7-9-14(16)11-13/h1,7-9,11H,4-6,10,12H2,2H3. The van der Waals surface area contributed by atoms with Crippen molar-refractivity contribution in [1.29, 1.82) is 0 Å². The third-order valence-corrected chi connectivity index (χ3v) is 3.19. The first-order valence-corrected chi connectivity index (χ1v) is 6.84. The van der Waals surface area contributed by atoms with Crippen LogP contribution in [0, 0.1) is 12.3 Å². The summed E-state index contributed by atoms with van der Waals surface area (Å²) in [6.07, 6.45) is 8.29. The minimum Gasteiger partial charge on any atom is -0.341 e. The first kappa shape index (κ1) is 14.8. The Bertz CT molecular complexity index is 436. The fourth-order valence-corrected chi connectivity index (χ4v) is 2.14. The molecule has 18 heavy (non-hydrogen) atoms. The summed E-state index contributed by atoms with van der Waals surface area (Å²) < 4.78 is 1.04. The maximum absolute atomic E-state index is 11.9. The monoisotopic (exact) mass is 307 g/mol. The Morgan fingerprint density at radius 3 is 2.89 bits per heavy atom. The van der Waals surface area contributed by atoms with Crippen molar-refractivity contribution >= 4 is 21.8 Å². The Balaban J connectivity index is 2.38. The van der Waals surface area contributed by atoms with Gasteiger partial charge in [0.2, 0.25) is 5.91 Å². The number of carbonyl (C=O) groups excluding carboxylic acids is 1. The summed E-state index contributed by atoms with van der Waals surface area (Å²) in [6, 6.07) is 8.00. The molecule has 1 aromatic carbocycles. The lowest BCUT2D eigenvalue weighted by atomic mass is 10.1. The van der Waals surface area contributed by atoms with Crippen LogP contribution in [0.25, 0.3) is 0 Å². The van der Waals surface area contributed by atoms with Crippen LogP contribution in [-0.4, -0.2) is 17.9 Å². The fourth-order valence-electron chi connectivity index (χ4n) is 1.69.